The van der Waals surface area contributed by atoms with E-state index in [-0.39, 0.29) is 12.1 Å². The van der Waals surface area contributed by atoms with Gasteiger partial charge in [0, 0.05) is 32.2 Å². The Morgan fingerprint density at radius 1 is 1.23 bits per heavy atom. The topological polar surface area (TPSA) is 44.8 Å². The molecule has 144 valence electrons. The lowest BCUT2D eigenvalue weighted by molar-refractivity contribution is -0.0981. The van der Waals surface area contributed by atoms with Crippen LogP contribution in [-0.2, 0) is 0 Å². The Morgan fingerprint density at radius 3 is 2.54 bits per heavy atom. The van der Waals surface area contributed by atoms with Gasteiger partial charge in [0.2, 0.25) is 0 Å². The minimum atomic E-state index is 0.0942. The first-order valence-electron chi connectivity index (χ1n) is 10.1. The summed E-state index contributed by atoms with van der Waals surface area (Å²) in [4.78, 5) is 16.7. The van der Waals surface area contributed by atoms with Crippen LogP contribution in [0.2, 0.25) is 0 Å². The lowest BCUT2D eigenvalue weighted by Crippen LogP contribution is -2.68. The van der Waals surface area contributed by atoms with E-state index in [1.165, 1.54) is 0 Å². The Balaban J connectivity index is 1.57. The van der Waals surface area contributed by atoms with Crippen LogP contribution in [0.4, 0.5) is 4.79 Å². The van der Waals surface area contributed by atoms with Crippen molar-refractivity contribution in [3.05, 3.63) is 30.3 Å². The molecule has 26 heavy (non-hydrogen) atoms. The molecule has 0 aliphatic carbocycles. The summed E-state index contributed by atoms with van der Waals surface area (Å²) in [6, 6.07) is 11.2. The summed E-state index contributed by atoms with van der Waals surface area (Å²) < 4.78 is 6.29. The van der Waals surface area contributed by atoms with Crippen LogP contribution in [0.5, 0.6) is 5.75 Å². The van der Waals surface area contributed by atoms with Crippen molar-refractivity contribution in [2.24, 2.45) is 5.92 Å². The van der Waals surface area contributed by atoms with E-state index in [2.05, 4.69) is 31.0 Å². The van der Waals surface area contributed by atoms with Crippen molar-refractivity contribution in [2.75, 3.05) is 26.2 Å². The zero-order valence-electron chi connectivity index (χ0n) is 16.4. The van der Waals surface area contributed by atoms with Crippen LogP contribution >= 0.6 is 0 Å². The van der Waals surface area contributed by atoms with Crippen molar-refractivity contribution < 1.29 is 9.53 Å². The maximum atomic E-state index is 12.2. The highest BCUT2D eigenvalue weighted by atomic mass is 16.5. The van der Waals surface area contributed by atoms with Gasteiger partial charge in [-0.2, -0.15) is 0 Å². The van der Waals surface area contributed by atoms with E-state index < -0.39 is 0 Å². The highest BCUT2D eigenvalue weighted by Crippen LogP contribution is 2.35. The molecule has 2 aliphatic rings. The number of rotatable bonds is 6. The van der Waals surface area contributed by atoms with Gasteiger partial charge in [0.15, 0.2) is 0 Å². The summed E-state index contributed by atoms with van der Waals surface area (Å²) in [5, 5.41) is 2.99. The standard InChI is InChI=1S/C21H33N3O2/c1-4-12-22-21(25)23-13-10-17(11-14-23)20-19(15-24(20)16(2)3)26-18-8-6-5-7-9-18/h5-9,16-17,19-20H,4,10-15H2,1-3H3,(H,22,25)/t19-,20-/m0/s1. The van der Waals surface area contributed by atoms with E-state index in [9.17, 15) is 4.79 Å². The molecule has 1 aromatic carbocycles. The number of likely N-dealkylation sites (tertiary alicyclic amines) is 2. The molecule has 0 unspecified atom stereocenters. The van der Waals surface area contributed by atoms with E-state index >= 15 is 0 Å². The molecule has 0 aromatic heterocycles. The molecule has 0 spiro atoms. The first-order valence-corrected chi connectivity index (χ1v) is 10.1. The molecule has 1 aromatic rings. The van der Waals surface area contributed by atoms with Gasteiger partial charge in [-0.15, -0.1) is 0 Å². The molecule has 2 amide bonds. The quantitative estimate of drug-likeness (QED) is 0.847. The lowest BCUT2D eigenvalue weighted by Gasteiger charge is -2.54. The minimum Gasteiger partial charge on any atom is -0.487 e. The minimum absolute atomic E-state index is 0.0942. The third-order valence-electron chi connectivity index (χ3n) is 5.68. The van der Waals surface area contributed by atoms with Gasteiger partial charge in [0.1, 0.15) is 11.9 Å². The summed E-state index contributed by atoms with van der Waals surface area (Å²) in [6.07, 6.45) is 3.35. The number of urea groups is 1. The second-order valence-electron chi connectivity index (χ2n) is 7.81. The van der Waals surface area contributed by atoms with Gasteiger partial charge in [-0.25, -0.2) is 4.79 Å². The fraction of sp³-hybridized carbons (Fsp3) is 0.667. The molecule has 0 radical (unpaired) electrons. The monoisotopic (exact) mass is 359 g/mol. The second-order valence-corrected chi connectivity index (χ2v) is 7.81. The smallest absolute Gasteiger partial charge is 0.317 e. The molecule has 2 fully saturated rings. The average Bonchev–Trinajstić information content (AvgIpc) is 2.64. The number of amides is 2. The van der Waals surface area contributed by atoms with E-state index in [1.54, 1.807) is 0 Å². The van der Waals surface area contributed by atoms with Gasteiger partial charge >= 0.3 is 6.03 Å². The Bertz CT molecular complexity index is 570. The molecule has 2 saturated heterocycles. The first-order chi connectivity index (χ1) is 12.6. The van der Waals surface area contributed by atoms with Crippen molar-refractivity contribution in [2.45, 2.75) is 58.2 Å². The number of hydrogen-bond acceptors (Lipinski definition) is 3. The number of para-hydroxylation sites is 1. The summed E-state index contributed by atoms with van der Waals surface area (Å²) in [5.41, 5.74) is 0. The van der Waals surface area contributed by atoms with Crippen LogP contribution in [0.1, 0.15) is 40.0 Å². The summed E-state index contributed by atoms with van der Waals surface area (Å²) >= 11 is 0. The maximum Gasteiger partial charge on any atom is 0.317 e. The molecule has 2 atom stereocenters. The number of carbonyl (C=O) groups excluding carboxylic acids is 1. The number of carbonyl (C=O) groups is 1. The van der Waals surface area contributed by atoms with Gasteiger partial charge in [-0.05, 0) is 51.2 Å². The molecule has 1 N–H and O–H groups in total. The zero-order valence-corrected chi connectivity index (χ0v) is 16.4. The predicted octanol–water partition coefficient (Wildman–Crippen LogP) is 3.36. The Labute approximate surface area is 157 Å². The van der Waals surface area contributed by atoms with E-state index in [4.69, 9.17) is 4.74 Å². The fourth-order valence-electron chi connectivity index (χ4n) is 4.21. The second kappa shape index (κ2) is 8.76. The van der Waals surface area contributed by atoms with Crippen LogP contribution in [0.15, 0.2) is 30.3 Å². The van der Waals surface area contributed by atoms with Crippen molar-refractivity contribution >= 4 is 6.03 Å². The molecule has 0 bridgehead atoms. The number of nitrogens with zero attached hydrogens (tertiary/aromatic N) is 2. The summed E-state index contributed by atoms with van der Waals surface area (Å²) in [7, 11) is 0. The van der Waals surface area contributed by atoms with Gasteiger partial charge in [-0.3, -0.25) is 4.90 Å². The molecule has 5 nitrogen and oxygen atoms in total. The van der Waals surface area contributed by atoms with E-state index in [0.717, 1.165) is 51.2 Å². The fourth-order valence-corrected chi connectivity index (χ4v) is 4.21. The number of nitrogens with one attached hydrogen (secondary N) is 1. The van der Waals surface area contributed by atoms with Gasteiger partial charge in [0.25, 0.3) is 0 Å². The lowest BCUT2D eigenvalue weighted by atomic mass is 9.79. The van der Waals surface area contributed by atoms with Gasteiger partial charge in [-0.1, -0.05) is 25.1 Å². The van der Waals surface area contributed by atoms with Crippen LogP contribution in [0.25, 0.3) is 0 Å². The molecule has 3 rings (SSSR count). The Kier molecular flexibility index (Phi) is 6.41. The number of piperidine rings is 1. The number of hydrogen-bond donors (Lipinski definition) is 1. The number of benzene rings is 1. The first kappa shape index (κ1) is 19.0. The normalized spacial score (nSPS) is 24.4. The van der Waals surface area contributed by atoms with E-state index in [1.807, 2.05) is 35.2 Å². The van der Waals surface area contributed by atoms with Crippen molar-refractivity contribution in [1.82, 2.24) is 15.1 Å². The van der Waals surface area contributed by atoms with Crippen molar-refractivity contribution in [3.8, 4) is 5.75 Å². The third kappa shape index (κ3) is 4.32. The van der Waals surface area contributed by atoms with Gasteiger partial charge < -0.3 is 15.0 Å². The van der Waals surface area contributed by atoms with Crippen LogP contribution in [0.3, 0.4) is 0 Å². The largest absolute Gasteiger partial charge is 0.487 e. The summed E-state index contributed by atoms with van der Waals surface area (Å²) in [6.45, 7) is 10.1. The number of ether oxygens (including phenoxy) is 1. The zero-order chi connectivity index (χ0) is 18.5. The summed E-state index contributed by atoms with van der Waals surface area (Å²) in [5.74, 6) is 1.55. The van der Waals surface area contributed by atoms with Gasteiger partial charge in [0.05, 0.1) is 6.04 Å². The van der Waals surface area contributed by atoms with Crippen molar-refractivity contribution in [3.63, 3.8) is 0 Å². The van der Waals surface area contributed by atoms with E-state index in [0.29, 0.717) is 18.0 Å². The molecule has 2 aliphatic heterocycles. The predicted molar refractivity (Wildman–Crippen MR) is 104 cm³/mol. The van der Waals surface area contributed by atoms with Crippen LogP contribution < -0.4 is 10.1 Å². The maximum absolute atomic E-state index is 12.2. The van der Waals surface area contributed by atoms with Crippen LogP contribution in [0, 0.1) is 5.92 Å². The Hall–Kier alpha value is -1.75. The van der Waals surface area contributed by atoms with Crippen molar-refractivity contribution in [1.29, 1.82) is 0 Å². The molecule has 0 saturated carbocycles. The highest BCUT2D eigenvalue weighted by Gasteiger charge is 2.47. The Morgan fingerprint density at radius 2 is 1.92 bits per heavy atom. The average molecular weight is 360 g/mol. The SMILES string of the molecule is CCCNC(=O)N1CCC([C@H]2[C@@H](Oc3ccccc3)CN2C(C)C)CC1. The molecule has 2 heterocycles. The molecule has 5 heteroatoms. The molecular formula is C21H33N3O2. The third-order valence-corrected chi connectivity index (χ3v) is 5.68. The van der Waals surface area contributed by atoms with Crippen LogP contribution in [-0.4, -0.2) is 60.2 Å². The molecular weight excluding hydrogens is 326 g/mol. The highest BCUT2D eigenvalue weighted by molar-refractivity contribution is 5.74.